The van der Waals surface area contributed by atoms with E-state index in [2.05, 4.69) is 22.4 Å². The number of alkyl carbamates (subject to hydrolysis) is 1. The van der Waals surface area contributed by atoms with Crippen LogP contribution in [0.1, 0.15) is 38.0 Å². The molecule has 1 aliphatic heterocycles. The van der Waals surface area contributed by atoms with Crippen molar-refractivity contribution in [3.8, 4) is 5.69 Å². The lowest BCUT2D eigenvalue weighted by molar-refractivity contribution is 0.0289. The molecule has 1 atom stereocenters. The lowest BCUT2D eigenvalue weighted by Crippen LogP contribution is -2.36. The summed E-state index contributed by atoms with van der Waals surface area (Å²) >= 11 is 0. The number of aromatic nitrogens is 2. The maximum atomic E-state index is 11.9. The molecule has 2 heterocycles. The summed E-state index contributed by atoms with van der Waals surface area (Å²) in [6.45, 7) is 6.54. The lowest BCUT2D eigenvalue weighted by Gasteiger charge is -2.28. The predicted octanol–water partition coefficient (Wildman–Crippen LogP) is 3.01. The van der Waals surface area contributed by atoms with Crippen LogP contribution in [-0.4, -0.2) is 34.4 Å². The van der Waals surface area contributed by atoms with Crippen LogP contribution in [0.25, 0.3) is 5.69 Å². The highest BCUT2D eigenvalue weighted by molar-refractivity contribution is 5.67. The quantitative estimate of drug-likeness (QED) is 0.940. The minimum Gasteiger partial charge on any atom is -0.444 e. The Morgan fingerprint density at radius 1 is 1.46 bits per heavy atom. The Morgan fingerprint density at radius 3 is 3.00 bits per heavy atom. The molecule has 0 unspecified atom stereocenters. The van der Waals surface area contributed by atoms with Gasteiger partial charge in [0.1, 0.15) is 11.7 Å². The normalized spacial score (nSPS) is 17.2. The van der Waals surface area contributed by atoms with Crippen LogP contribution in [0, 0.1) is 0 Å². The monoisotopic (exact) mass is 329 g/mol. The van der Waals surface area contributed by atoms with Gasteiger partial charge in [0.2, 0.25) is 0 Å². The molecule has 0 fully saturated rings. The average Bonchev–Trinajstić information content (AvgIpc) is 3.05. The number of nitrogens with one attached hydrogen (secondary N) is 1. The van der Waals surface area contributed by atoms with Crippen molar-refractivity contribution in [3.63, 3.8) is 0 Å². The molecule has 0 aliphatic carbocycles. The number of imidazole rings is 1. The SMILES string of the molecule is CC(C)(C)OC(=O)NC[C@@H]1OCCc2c1cccc2-n1ccnc1. The zero-order chi connectivity index (χ0) is 17.2. The molecule has 0 saturated heterocycles. The smallest absolute Gasteiger partial charge is 0.407 e. The fourth-order valence-electron chi connectivity index (χ4n) is 2.86. The molecule has 0 bridgehead atoms. The van der Waals surface area contributed by atoms with E-state index in [1.807, 2.05) is 37.6 Å². The standard InChI is InChI=1S/C18H23N3O3/c1-18(2,3)24-17(22)20-11-16-14-5-4-6-15(13(14)7-10-23-16)21-9-8-19-12-21/h4-6,8-9,12,16H,7,10-11H2,1-3H3,(H,20,22)/t16-/m0/s1. The van der Waals surface area contributed by atoms with E-state index >= 15 is 0 Å². The van der Waals surface area contributed by atoms with Crippen LogP contribution in [-0.2, 0) is 15.9 Å². The molecule has 1 amide bonds. The van der Waals surface area contributed by atoms with Crippen molar-refractivity contribution in [2.24, 2.45) is 0 Å². The number of hydrogen-bond acceptors (Lipinski definition) is 4. The van der Waals surface area contributed by atoms with E-state index < -0.39 is 11.7 Å². The van der Waals surface area contributed by atoms with Gasteiger partial charge in [-0.25, -0.2) is 9.78 Å². The maximum absolute atomic E-state index is 11.9. The second-order valence-corrected chi connectivity index (χ2v) is 6.81. The predicted molar refractivity (Wildman–Crippen MR) is 90.2 cm³/mol. The molecule has 1 aliphatic rings. The summed E-state index contributed by atoms with van der Waals surface area (Å²) in [7, 11) is 0. The summed E-state index contributed by atoms with van der Waals surface area (Å²) < 4.78 is 13.1. The van der Waals surface area contributed by atoms with Crippen LogP contribution in [0.3, 0.4) is 0 Å². The Labute approximate surface area is 141 Å². The number of fused-ring (bicyclic) bond motifs is 1. The zero-order valence-electron chi connectivity index (χ0n) is 14.3. The Kier molecular flexibility index (Phi) is 4.57. The van der Waals surface area contributed by atoms with Gasteiger partial charge < -0.3 is 19.4 Å². The number of carbonyl (C=O) groups excluding carboxylic acids is 1. The zero-order valence-corrected chi connectivity index (χ0v) is 14.3. The first-order chi connectivity index (χ1) is 11.4. The van der Waals surface area contributed by atoms with Crippen molar-refractivity contribution >= 4 is 6.09 Å². The van der Waals surface area contributed by atoms with E-state index in [1.165, 1.54) is 5.56 Å². The first-order valence-corrected chi connectivity index (χ1v) is 8.12. The van der Waals surface area contributed by atoms with Gasteiger partial charge in [0.05, 0.1) is 25.2 Å². The van der Waals surface area contributed by atoms with Crippen molar-refractivity contribution in [1.29, 1.82) is 0 Å². The molecule has 1 aromatic carbocycles. The second-order valence-electron chi connectivity index (χ2n) is 6.81. The van der Waals surface area contributed by atoms with E-state index in [4.69, 9.17) is 9.47 Å². The van der Waals surface area contributed by atoms with E-state index in [1.54, 1.807) is 12.5 Å². The van der Waals surface area contributed by atoms with Crippen molar-refractivity contribution in [2.75, 3.05) is 13.2 Å². The van der Waals surface area contributed by atoms with Crippen molar-refractivity contribution in [3.05, 3.63) is 48.0 Å². The molecular formula is C18H23N3O3. The number of benzene rings is 1. The highest BCUT2D eigenvalue weighted by Crippen LogP contribution is 2.30. The number of amides is 1. The van der Waals surface area contributed by atoms with Crippen LogP contribution in [0.4, 0.5) is 4.79 Å². The third kappa shape index (κ3) is 3.76. The Hall–Kier alpha value is -2.34. The molecule has 3 rings (SSSR count). The summed E-state index contributed by atoms with van der Waals surface area (Å²) in [5.41, 5.74) is 2.93. The van der Waals surface area contributed by atoms with E-state index in [0.29, 0.717) is 13.2 Å². The third-order valence-corrected chi connectivity index (χ3v) is 3.82. The summed E-state index contributed by atoms with van der Waals surface area (Å²) in [6.07, 6.45) is 5.72. The van der Waals surface area contributed by atoms with Gasteiger partial charge in [0.25, 0.3) is 0 Å². The van der Waals surface area contributed by atoms with Gasteiger partial charge >= 0.3 is 6.09 Å². The van der Waals surface area contributed by atoms with Crippen LogP contribution in [0.2, 0.25) is 0 Å². The van der Waals surface area contributed by atoms with Crippen molar-refractivity contribution in [1.82, 2.24) is 14.9 Å². The number of rotatable bonds is 3. The maximum Gasteiger partial charge on any atom is 0.407 e. The highest BCUT2D eigenvalue weighted by Gasteiger charge is 2.25. The second kappa shape index (κ2) is 6.65. The van der Waals surface area contributed by atoms with Crippen LogP contribution < -0.4 is 5.32 Å². The van der Waals surface area contributed by atoms with Gasteiger partial charge in [-0.2, -0.15) is 0 Å². The van der Waals surface area contributed by atoms with Gasteiger partial charge in [-0.3, -0.25) is 0 Å². The molecule has 1 aromatic heterocycles. The fraction of sp³-hybridized carbons (Fsp3) is 0.444. The molecule has 1 N–H and O–H groups in total. The minimum atomic E-state index is -0.510. The topological polar surface area (TPSA) is 65.4 Å². The molecule has 0 saturated carbocycles. The Morgan fingerprint density at radius 2 is 2.29 bits per heavy atom. The largest absolute Gasteiger partial charge is 0.444 e. The number of carbonyl (C=O) groups is 1. The molecule has 128 valence electrons. The average molecular weight is 329 g/mol. The summed E-state index contributed by atoms with van der Waals surface area (Å²) in [6, 6.07) is 6.13. The van der Waals surface area contributed by atoms with Crippen LogP contribution in [0.15, 0.2) is 36.9 Å². The first kappa shape index (κ1) is 16.5. The van der Waals surface area contributed by atoms with Crippen molar-refractivity contribution < 1.29 is 14.3 Å². The number of hydrogen-bond donors (Lipinski definition) is 1. The summed E-state index contributed by atoms with van der Waals surface area (Å²) in [4.78, 5) is 16.0. The fourth-order valence-corrected chi connectivity index (χ4v) is 2.86. The van der Waals surface area contributed by atoms with Crippen LogP contribution >= 0.6 is 0 Å². The minimum absolute atomic E-state index is 0.176. The van der Waals surface area contributed by atoms with Gasteiger partial charge in [0.15, 0.2) is 0 Å². The molecule has 0 radical (unpaired) electrons. The molecule has 6 heteroatoms. The van der Waals surface area contributed by atoms with Gasteiger partial charge in [-0.05, 0) is 44.4 Å². The molecule has 6 nitrogen and oxygen atoms in total. The van der Waals surface area contributed by atoms with E-state index in [9.17, 15) is 4.79 Å². The van der Waals surface area contributed by atoms with E-state index in [0.717, 1.165) is 17.7 Å². The molecule has 0 spiro atoms. The van der Waals surface area contributed by atoms with Gasteiger partial charge in [-0.15, -0.1) is 0 Å². The Balaban J connectivity index is 1.75. The summed E-state index contributed by atoms with van der Waals surface area (Å²) in [5, 5.41) is 2.80. The lowest BCUT2D eigenvalue weighted by atomic mass is 9.95. The van der Waals surface area contributed by atoms with Crippen molar-refractivity contribution in [2.45, 2.75) is 38.9 Å². The first-order valence-electron chi connectivity index (χ1n) is 8.12. The van der Waals surface area contributed by atoms with Crippen LogP contribution in [0.5, 0.6) is 0 Å². The number of nitrogens with zero attached hydrogens (tertiary/aromatic N) is 2. The van der Waals surface area contributed by atoms with E-state index in [-0.39, 0.29) is 6.10 Å². The highest BCUT2D eigenvalue weighted by atomic mass is 16.6. The van der Waals surface area contributed by atoms with Gasteiger partial charge in [0, 0.05) is 12.4 Å². The third-order valence-electron chi connectivity index (χ3n) is 3.82. The molecule has 2 aromatic rings. The number of ether oxygens (including phenoxy) is 2. The van der Waals surface area contributed by atoms with Gasteiger partial charge in [-0.1, -0.05) is 12.1 Å². The molecular weight excluding hydrogens is 306 g/mol. The molecule has 24 heavy (non-hydrogen) atoms. The summed E-state index contributed by atoms with van der Waals surface area (Å²) in [5.74, 6) is 0. The Bertz CT molecular complexity index is 705.